The highest BCUT2D eigenvalue weighted by molar-refractivity contribution is 6.35. The number of hydrogen-bond donors (Lipinski definition) is 0. The average Bonchev–Trinajstić information content (AvgIpc) is 3.19. The van der Waals surface area contributed by atoms with Crippen molar-refractivity contribution in [3.63, 3.8) is 0 Å². The van der Waals surface area contributed by atoms with Gasteiger partial charge in [-0.3, -0.25) is 9.59 Å². The first-order valence-corrected chi connectivity index (χ1v) is 13.0. The van der Waals surface area contributed by atoms with Gasteiger partial charge in [-0.2, -0.15) is 0 Å². The zero-order valence-electron chi connectivity index (χ0n) is 20.3. The van der Waals surface area contributed by atoms with Crippen LogP contribution < -0.4 is 10.9 Å². The number of ether oxygens (including phenoxy) is 1. The highest BCUT2D eigenvalue weighted by Gasteiger charge is 2.34. The molecule has 0 spiro atoms. The van der Waals surface area contributed by atoms with Gasteiger partial charge in [0.2, 0.25) is 11.2 Å². The van der Waals surface area contributed by atoms with E-state index in [4.69, 9.17) is 41.8 Å². The minimum atomic E-state index is -0.300. The predicted octanol–water partition coefficient (Wildman–Crippen LogP) is 7.43. The maximum atomic E-state index is 13.7. The Kier molecular flexibility index (Phi) is 5.97. The van der Waals surface area contributed by atoms with Crippen LogP contribution in [0.5, 0.6) is 0 Å². The summed E-state index contributed by atoms with van der Waals surface area (Å²) in [6, 6.07) is 7.01. The lowest BCUT2D eigenvalue weighted by Crippen LogP contribution is -2.14. The Morgan fingerprint density at radius 3 is 2.24 bits per heavy atom. The molecule has 1 fully saturated rings. The molecule has 4 aromatic rings. The Morgan fingerprint density at radius 1 is 0.892 bits per heavy atom. The summed E-state index contributed by atoms with van der Waals surface area (Å²) in [7, 11) is 0. The molecule has 2 aliphatic rings. The van der Waals surface area contributed by atoms with E-state index >= 15 is 0 Å². The van der Waals surface area contributed by atoms with E-state index in [2.05, 4.69) is 0 Å². The molecule has 0 radical (unpaired) electrons. The van der Waals surface area contributed by atoms with E-state index in [0.717, 1.165) is 36.8 Å². The molecule has 0 unspecified atom stereocenters. The van der Waals surface area contributed by atoms with Gasteiger partial charge in [-0.05, 0) is 68.2 Å². The standard InChI is InChI=1S/C29H23Cl2NO5/c1-14-8-18-24(33)16(13-35-26(18)20(30)10-14)12-22-23-25(34)19-9-15(2)11-21(31)27(19)37-28(23)29(36-22)32-17-6-4-3-5-7-17/h8-13,17H,3-7H2,1-2H3/b22-12-,32-29?. The molecule has 0 bridgehead atoms. The number of aliphatic imine (C=N–C) groups is 1. The molecular weight excluding hydrogens is 513 g/mol. The fourth-order valence-electron chi connectivity index (χ4n) is 5.12. The zero-order chi connectivity index (χ0) is 25.8. The second-order valence-corrected chi connectivity index (χ2v) is 10.6. The summed E-state index contributed by atoms with van der Waals surface area (Å²) in [5.41, 5.74) is 2.10. The van der Waals surface area contributed by atoms with Crippen LogP contribution >= 0.6 is 23.2 Å². The summed E-state index contributed by atoms with van der Waals surface area (Å²) < 4.78 is 18.0. The van der Waals surface area contributed by atoms with Crippen molar-refractivity contribution in [2.45, 2.75) is 52.0 Å². The number of hydrogen-bond acceptors (Lipinski definition) is 6. The van der Waals surface area contributed by atoms with Crippen LogP contribution in [-0.2, 0) is 4.74 Å². The van der Waals surface area contributed by atoms with Crippen molar-refractivity contribution in [1.29, 1.82) is 0 Å². The summed E-state index contributed by atoms with van der Waals surface area (Å²) in [5, 5.41) is 1.38. The molecule has 8 heteroatoms. The molecule has 188 valence electrons. The van der Waals surface area contributed by atoms with Gasteiger partial charge in [0.25, 0.3) is 5.90 Å². The van der Waals surface area contributed by atoms with Crippen LogP contribution in [0.1, 0.15) is 60.1 Å². The normalized spacial score (nSPS) is 18.2. The largest absolute Gasteiger partial charge is 0.462 e. The van der Waals surface area contributed by atoms with Gasteiger partial charge in [0.05, 0.1) is 32.4 Å². The van der Waals surface area contributed by atoms with Gasteiger partial charge in [-0.25, -0.2) is 4.99 Å². The summed E-state index contributed by atoms with van der Waals surface area (Å²) in [6.07, 6.45) is 8.06. The number of fused-ring (bicyclic) bond motifs is 3. The van der Waals surface area contributed by atoms with Crippen molar-refractivity contribution in [1.82, 2.24) is 0 Å². The van der Waals surface area contributed by atoms with Crippen molar-refractivity contribution >= 4 is 62.9 Å². The number of aryl methyl sites for hydroxylation is 2. The lowest BCUT2D eigenvalue weighted by molar-refractivity contribution is 0.427. The molecule has 0 N–H and O–H groups in total. The Balaban J connectivity index is 1.58. The Labute approximate surface area is 222 Å². The second-order valence-electron chi connectivity index (χ2n) is 9.74. The van der Waals surface area contributed by atoms with E-state index < -0.39 is 0 Å². The van der Waals surface area contributed by atoms with Crippen LogP contribution in [0.2, 0.25) is 10.0 Å². The van der Waals surface area contributed by atoms with Crippen LogP contribution in [0.15, 0.2) is 53.9 Å². The van der Waals surface area contributed by atoms with E-state index in [-0.39, 0.29) is 51.0 Å². The van der Waals surface area contributed by atoms with Crippen LogP contribution in [-0.4, -0.2) is 11.9 Å². The SMILES string of the molecule is Cc1cc(Cl)c2occ(/C=C3\OC(=NC4CCCCC4)c4oc5c(Cl)cc(C)cc5c(=O)c43)c(=O)c2c1. The molecule has 0 atom stereocenters. The molecule has 1 aliphatic heterocycles. The maximum Gasteiger partial charge on any atom is 0.259 e. The van der Waals surface area contributed by atoms with Crippen molar-refractivity contribution in [3.05, 3.63) is 89.0 Å². The Hall–Kier alpha value is -3.35. The van der Waals surface area contributed by atoms with Crippen molar-refractivity contribution in [3.8, 4) is 0 Å². The molecule has 2 aromatic carbocycles. The summed E-state index contributed by atoms with van der Waals surface area (Å²) in [6.45, 7) is 3.71. The lowest BCUT2D eigenvalue weighted by Gasteiger charge is -2.17. The lowest BCUT2D eigenvalue weighted by atomic mass is 9.96. The number of halogens is 2. The van der Waals surface area contributed by atoms with Crippen molar-refractivity contribution in [2.24, 2.45) is 4.99 Å². The number of nitrogens with zero attached hydrogens (tertiary/aromatic N) is 1. The number of benzene rings is 2. The molecule has 1 aliphatic carbocycles. The minimum Gasteiger partial charge on any atom is -0.462 e. The van der Waals surface area contributed by atoms with E-state index in [1.165, 1.54) is 18.8 Å². The third-order valence-corrected chi connectivity index (χ3v) is 7.46. The molecule has 6 nitrogen and oxygen atoms in total. The van der Waals surface area contributed by atoms with E-state index in [1.807, 2.05) is 13.8 Å². The molecule has 2 aromatic heterocycles. The fraction of sp³-hybridized carbons (Fsp3) is 0.276. The van der Waals surface area contributed by atoms with Crippen LogP contribution in [0.4, 0.5) is 0 Å². The quantitative estimate of drug-likeness (QED) is 0.266. The second kappa shape index (κ2) is 9.19. The predicted molar refractivity (Wildman–Crippen MR) is 147 cm³/mol. The Bertz CT molecular complexity index is 1770. The first-order chi connectivity index (χ1) is 17.8. The molecule has 1 saturated carbocycles. The zero-order valence-corrected chi connectivity index (χ0v) is 21.8. The average molecular weight is 536 g/mol. The van der Waals surface area contributed by atoms with E-state index in [1.54, 1.807) is 24.3 Å². The monoisotopic (exact) mass is 535 g/mol. The highest BCUT2D eigenvalue weighted by atomic mass is 35.5. The third kappa shape index (κ3) is 4.18. The van der Waals surface area contributed by atoms with Crippen molar-refractivity contribution in [2.75, 3.05) is 0 Å². The van der Waals surface area contributed by atoms with Gasteiger partial charge in [0, 0.05) is 0 Å². The molecule has 6 rings (SSSR count). The fourth-order valence-corrected chi connectivity index (χ4v) is 5.75. The van der Waals surface area contributed by atoms with Crippen LogP contribution in [0.25, 0.3) is 33.8 Å². The summed E-state index contributed by atoms with van der Waals surface area (Å²) in [5.74, 6) is 0.639. The molecule has 37 heavy (non-hydrogen) atoms. The van der Waals surface area contributed by atoms with E-state index in [0.29, 0.717) is 26.4 Å². The van der Waals surface area contributed by atoms with Gasteiger partial charge >= 0.3 is 0 Å². The topological polar surface area (TPSA) is 82.0 Å². The molecule has 3 heterocycles. The third-order valence-electron chi connectivity index (χ3n) is 6.90. The first-order valence-electron chi connectivity index (χ1n) is 12.3. The first kappa shape index (κ1) is 24.0. The van der Waals surface area contributed by atoms with Gasteiger partial charge in [-0.1, -0.05) is 42.5 Å². The van der Waals surface area contributed by atoms with Gasteiger partial charge in [0.1, 0.15) is 17.6 Å². The molecular formula is C29H23Cl2NO5. The Morgan fingerprint density at radius 2 is 1.54 bits per heavy atom. The van der Waals surface area contributed by atoms with Crippen LogP contribution in [0.3, 0.4) is 0 Å². The van der Waals surface area contributed by atoms with Crippen LogP contribution in [0, 0.1) is 13.8 Å². The van der Waals surface area contributed by atoms with Gasteiger partial charge < -0.3 is 13.6 Å². The minimum absolute atomic E-state index is 0.0706. The van der Waals surface area contributed by atoms with Gasteiger partial charge in [0.15, 0.2) is 16.6 Å². The maximum absolute atomic E-state index is 13.7. The smallest absolute Gasteiger partial charge is 0.259 e. The highest BCUT2D eigenvalue weighted by Crippen LogP contribution is 2.35. The molecule has 0 saturated heterocycles. The van der Waals surface area contributed by atoms with Crippen molar-refractivity contribution < 1.29 is 13.6 Å². The van der Waals surface area contributed by atoms with Gasteiger partial charge in [-0.15, -0.1) is 0 Å². The number of rotatable bonds is 2. The van der Waals surface area contributed by atoms with E-state index in [9.17, 15) is 9.59 Å². The molecule has 0 amide bonds. The summed E-state index contributed by atoms with van der Waals surface area (Å²) >= 11 is 12.7. The summed E-state index contributed by atoms with van der Waals surface area (Å²) in [4.78, 5) is 31.9.